The second kappa shape index (κ2) is 8.18. The molecule has 0 aliphatic carbocycles. The number of benzene rings is 1. The van der Waals surface area contributed by atoms with Crippen molar-refractivity contribution in [2.45, 2.75) is 13.0 Å². The molecule has 5 nitrogen and oxygen atoms in total. The minimum Gasteiger partial charge on any atom is -0.379 e. The molecule has 2 aromatic rings. The van der Waals surface area contributed by atoms with Crippen LogP contribution in [-0.4, -0.2) is 48.6 Å². The maximum absolute atomic E-state index is 13.3. The first-order chi connectivity index (χ1) is 12.1. The van der Waals surface area contributed by atoms with Crippen molar-refractivity contribution in [3.05, 3.63) is 65.2 Å². The normalized spacial score (nSPS) is 16.4. The Morgan fingerprint density at radius 1 is 1.24 bits per heavy atom. The number of carbonyl (C=O) groups excluding carboxylic acids is 1. The van der Waals surface area contributed by atoms with Gasteiger partial charge in [0.2, 0.25) is 0 Å². The highest BCUT2D eigenvalue weighted by Crippen LogP contribution is 2.21. The van der Waals surface area contributed by atoms with E-state index in [1.165, 1.54) is 12.1 Å². The standard InChI is InChI=1S/C19H22FN3O2/c1-14-2-3-16(12-21-14)19(24)22-13-18(23-8-10-25-11-9-23)15-4-6-17(20)7-5-15/h2-7,12,18H,8-11,13H2,1H3,(H,22,24). The van der Waals surface area contributed by atoms with Gasteiger partial charge in [0, 0.05) is 31.5 Å². The maximum Gasteiger partial charge on any atom is 0.252 e. The van der Waals surface area contributed by atoms with E-state index in [9.17, 15) is 9.18 Å². The summed E-state index contributed by atoms with van der Waals surface area (Å²) in [6.45, 7) is 5.21. The van der Waals surface area contributed by atoms with Crippen LogP contribution in [0.3, 0.4) is 0 Å². The molecule has 1 N–H and O–H groups in total. The SMILES string of the molecule is Cc1ccc(C(=O)NCC(c2ccc(F)cc2)N2CCOCC2)cn1. The molecule has 1 aromatic carbocycles. The van der Waals surface area contributed by atoms with Gasteiger partial charge in [0.15, 0.2) is 0 Å². The molecular weight excluding hydrogens is 321 g/mol. The first-order valence-corrected chi connectivity index (χ1v) is 8.41. The highest BCUT2D eigenvalue weighted by atomic mass is 19.1. The third-order valence-electron chi connectivity index (χ3n) is 4.37. The van der Waals surface area contributed by atoms with Gasteiger partial charge >= 0.3 is 0 Å². The summed E-state index contributed by atoms with van der Waals surface area (Å²) < 4.78 is 18.7. The van der Waals surface area contributed by atoms with Crippen molar-refractivity contribution in [2.24, 2.45) is 0 Å². The Hall–Kier alpha value is -2.31. The number of ether oxygens (including phenoxy) is 1. The Morgan fingerprint density at radius 2 is 1.96 bits per heavy atom. The predicted molar refractivity (Wildman–Crippen MR) is 92.8 cm³/mol. The lowest BCUT2D eigenvalue weighted by Crippen LogP contribution is -2.43. The topological polar surface area (TPSA) is 54.5 Å². The van der Waals surface area contributed by atoms with Gasteiger partial charge in [0.25, 0.3) is 5.91 Å². The number of hydrogen-bond donors (Lipinski definition) is 1. The lowest BCUT2D eigenvalue weighted by molar-refractivity contribution is 0.0162. The van der Waals surface area contributed by atoms with Crippen LogP contribution in [0.25, 0.3) is 0 Å². The van der Waals surface area contributed by atoms with Crippen LogP contribution in [0.1, 0.15) is 27.7 Å². The summed E-state index contributed by atoms with van der Waals surface area (Å²) in [5, 5.41) is 2.97. The molecule has 1 aliphatic rings. The zero-order chi connectivity index (χ0) is 17.6. The number of nitrogens with one attached hydrogen (secondary N) is 1. The average Bonchev–Trinajstić information content (AvgIpc) is 2.64. The van der Waals surface area contributed by atoms with Crippen molar-refractivity contribution in [2.75, 3.05) is 32.8 Å². The van der Waals surface area contributed by atoms with Crippen LogP contribution in [0.15, 0.2) is 42.6 Å². The molecule has 1 unspecified atom stereocenters. The molecule has 0 radical (unpaired) electrons. The molecule has 1 amide bonds. The Labute approximate surface area is 146 Å². The van der Waals surface area contributed by atoms with E-state index in [-0.39, 0.29) is 17.8 Å². The Bertz CT molecular complexity index is 698. The number of aromatic nitrogens is 1. The van der Waals surface area contributed by atoms with Gasteiger partial charge in [-0.05, 0) is 36.8 Å². The second-order valence-electron chi connectivity index (χ2n) is 6.11. The van der Waals surface area contributed by atoms with E-state index in [0.29, 0.717) is 25.3 Å². The molecule has 0 saturated carbocycles. The average molecular weight is 343 g/mol. The lowest BCUT2D eigenvalue weighted by atomic mass is 10.0. The number of pyridine rings is 1. The van der Waals surface area contributed by atoms with E-state index in [1.807, 2.05) is 13.0 Å². The van der Waals surface area contributed by atoms with Crippen LogP contribution in [0.2, 0.25) is 0 Å². The largest absolute Gasteiger partial charge is 0.379 e. The van der Waals surface area contributed by atoms with Crippen molar-refractivity contribution >= 4 is 5.91 Å². The number of rotatable bonds is 5. The molecule has 1 fully saturated rings. The molecule has 1 aliphatic heterocycles. The van der Waals surface area contributed by atoms with E-state index >= 15 is 0 Å². The molecule has 2 heterocycles. The molecule has 1 saturated heterocycles. The minimum absolute atomic E-state index is 0.0214. The van der Waals surface area contributed by atoms with E-state index in [1.54, 1.807) is 24.4 Å². The first kappa shape index (κ1) is 17.5. The monoisotopic (exact) mass is 343 g/mol. The van der Waals surface area contributed by atoms with Crippen LogP contribution in [0.5, 0.6) is 0 Å². The van der Waals surface area contributed by atoms with E-state index < -0.39 is 0 Å². The summed E-state index contributed by atoms with van der Waals surface area (Å²) in [5.74, 6) is -0.424. The Morgan fingerprint density at radius 3 is 2.60 bits per heavy atom. The van der Waals surface area contributed by atoms with Gasteiger partial charge in [-0.3, -0.25) is 14.7 Å². The molecular formula is C19H22FN3O2. The van der Waals surface area contributed by atoms with E-state index in [2.05, 4.69) is 15.2 Å². The Kier molecular flexibility index (Phi) is 5.73. The van der Waals surface area contributed by atoms with Crippen molar-refractivity contribution in [3.8, 4) is 0 Å². The fraction of sp³-hybridized carbons (Fsp3) is 0.368. The number of morpholine rings is 1. The van der Waals surface area contributed by atoms with Gasteiger partial charge in [-0.25, -0.2) is 4.39 Å². The van der Waals surface area contributed by atoms with Crippen LogP contribution in [0.4, 0.5) is 4.39 Å². The van der Waals surface area contributed by atoms with E-state index in [0.717, 1.165) is 24.3 Å². The number of aryl methyl sites for hydroxylation is 1. The van der Waals surface area contributed by atoms with Gasteiger partial charge < -0.3 is 10.1 Å². The summed E-state index contributed by atoms with van der Waals surface area (Å²) in [7, 11) is 0. The van der Waals surface area contributed by atoms with Gasteiger partial charge in [-0.15, -0.1) is 0 Å². The van der Waals surface area contributed by atoms with Crippen LogP contribution >= 0.6 is 0 Å². The van der Waals surface area contributed by atoms with Crippen molar-refractivity contribution in [1.29, 1.82) is 0 Å². The molecule has 6 heteroatoms. The number of nitrogens with zero attached hydrogens (tertiary/aromatic N) is 2. The quantitative estimate of drug-likeness (QED) is 0.905. The fourth-order valence-corrected chi connectivity index (χ4v) is 2.93. The molecule has 25 heavy (non-hydrogen) atoms. The highest BCUT2D eigenvalue weighted by molar-refractivity contribution is 5.93. The fourth-order valence-electron chi connectivity index (χ4n) is 2.93. The summed E-state index contributed by atoms with van der Waals surface area (Å²) in [5.41, 5.74) is 2.38. The summed E-state index contributed by atoms with van der Waals surface area (Å²) in [6.07, 6.45) is 1.58. The molecule has 0 spiro atoms. The van der Waals surface area contributed by atoms with Gasteiger partial charge in [-0.2, -0.15) is 0 Å². The van der Waals surface area contributed by atoms with Gasteiger partial charge in [-0.1, -0.05) is 12.1 Å². The predicted octanol–water partition coefficient (Wildman–Crippen LogP) is 2.33. The number of carbonyl (C=O) groups is 1. The zero-order valence-electron chi connectivity index (χ0n) is 14.2. The molecule has 1 atom stereocenters. The first-order valence-electron chi connectivity index (χ1n) is 8.41. The van der Waals surface area contributed by atoms with Gasteiger partial charge in [0.05, 0.1) is 24.8 Å². The van der Waals surface area contributed by atoms with Crippen molar-refractivity contribution in [1.82, 2.24) is 15.2 Å². The number of amides is 1. The van der Waals surface area contributed by atoms with Crippen molar-refractivity contribution in [3.63, 3.8) is 0 Å². The summed E-state index contributed by atoms with van der Waals surface area (Å²) >= 11 is 0. The van der Waals surface area contributed by atoms with Crippen LogP contribution in [0, 0.1) is 12.7 Å². The minimum atomic E-state index is -0.265. The summed E-state index contributed by atoms with van der Waals surface area (Å²) in [4.78, 5) is 18.8. The third-order valence-corrected chi connectivity index (χ3v) is 4.37. The third kappa shape index (κ3) is 4.61. The Balaban J connectivity index is 1.71. The molecule has 0 bridgehead atoms. The number of hydrogen-bond acceptors (Lipinski definition) is 4. The second-order valence-corrected chi connectivity index (χ2v) is 6.11. The maximum atomic E-state index is 13.3. The molecule has 1 aromatic heterocycles. The molecule has 3 rings (SSSR count). The summed E-state index contributed by atoms with van der Waals surface area (Å²) in [6, 6.07) is 10.0. The number of halogens is 1. The van der Waals surface area contributed by atoms with Crippen molar-refractivity contribution < 1.29 is 13.9 Å². The van der Waals surface area contributed by atoms with Crippen LogP contribution in [-0.2, 0) is 4.74 Å². The lowest BCUT2D eigenvalue weighted by Gasteiger charge is -2.35. The van der Waals surface area contributed by atoms with Crippen LogP contribution < -0.4 is 5.32 Å². The van der Waals surface area contributed by atoms with Gasteiger partial charge in [0.1, 0.15) is 5.82 Å². The smallest absolute Gasteiger partial charge is 0.252 e. The van der Waals surface area contributed by atoms with E-state index in [4.69, 9.17) is 4.74 Å². The highest BCUT2D eigenvalue weighted by Gasteiger charge is 2.23. The zero-order valence-corrected chi connectivity index (χ0v) is 14.2. The molecule has 132 valence electrons.